The smallest absolute Gasteiger partial charge is 0.416 e. The normalized spacial score (nSPS) is 17.9. The number of rotatable bonds is 9. The summed E-state index contributed by atoms with van der Waals surface area (Å²) in [6.07, 6.45) is -8.91. The second-order valence-electron chi connectivity index (χ2n) is 11.9. The first-order valence-corrected chi connectivity index (χ1v) is 15.8. The van der Waals surface area contributed by atoms with Gasteiger partial charge in [-0.2, -0.15) is 31.6 Å². The number of pyridine rings is 1. The predicted octanol–water partition coefficient (Wildman–Crippen LogP) is 7.17. The van der Waals surface area contributed by atoms with E-state index >= 15 is 0 Å². The molecular formula is C34H33F6N5O5. The summed E-state index contributed by atoms with van der Waals surface area (Å²) < 4.78 is 93.7. The van der Waals surface area contributed by atoms with E-state index in [1.165, 1.54) is 11.0 Å². The zero-order valence-corrected chi connectivity index (χ0v) is 26.8. The third-order valence-corrected chi connectivity index (χ3v) is 8.56. The fourth-order valence-corrected chi connectivity index (χ4v) is 6.12. The van der Waals surface area contributed by atoms with Crippen LogP contribution in [0.4, 0.5) is 48.3 Å². The Morgan fingerprint density at radius 1 is 1.06 bits per heavy atom. The molecule has 10 nitrogen and oxygen atoms in total. The first-order valence-electron chi connectivity index (χ1n) is 15.8. The maximum absolute atomic E-state index is 13.9. The summed E-state index contributed by atoms with van der Waals surface area (Å²) in [6.45, 7) is 3.29. The Morgan fingerprint density at radius 3 is 2.42 bits per heavy atom. The molecule has 3 aromatic rings. The number of morpholine rings is 1. The molecule has 1 fully saturated rings. The lowest BCUT2D eigenvalue weighted by molar-refractivity contribution is -0.138. The molecule has 0 saturated carbocycles. The van der Waals surface area contributed by atoms with Crippen molar-refractivity contribution >= 4 is 29.3 Å². The van der Waals surface area contributed by atoms with Gasteiger partial charge in [0.1, 0.15) is 12.4 Å². The third-order valence-electron chi connectivity index (χ3n) is 8.56. The van der Waals surface area contributed by atoms with Gasteiger partial charge >= 0.3 is 24.4 Å². The van der Waals surface area contributed by atoms with Crippen LogP contribution in [0.1, 0.15) is 65.6 Å². The molecule has 2 aliphatic rings. The van der Waals surface area contributed by atoms with E-state index in [1.54, 1.807) is 25.3 Å². The molecule has 5 rings (SSSR count). The number of hydrogen-bond acceptors (Lipinski definition) is 8. The van der Waals surface area contributed by atoms with Crippen LogP contribution < -0.4 is 15.1 Å². The van der Waals surface area contributed by atoms with Gasteiger partial charge in [-0.1, -0.05) is 6.92 Å². The lowest BCUT2D eigenvalue weighted by Gasteiger charge is -2.40. The maximum Gasteiger partial charge on any atom is 0.416 e. The summed E-state index contributed by atoms with van der Waals surface area (Å²) in [5.41, 5.74) is -0.691. The van der Waals surface area contributed by atoms with Crippen molar-refractivity contribution in [3.8, 4) is 6.07 Å². The van der Waals surface area contributed by atoms with Crippen LogP contribution in [0.2, 0.25) is 0 Å². The second-order valence-corrected chi connectivity index (χ2v) is 11.9. The minimum absolute atomic E-state index is 0.0906. The molecule has 1 aromatic heterocycles. The Balaban J connectivity index is 1.57. The topological polar surface area (TPSA) is 128 Å². The SMILES string of the molecule is CC[C@@H]1C[C@H](Nc2ncc(N3CCOCC3)cc2Cc2cc(C#N)cc(C(F)(F)F)c2)c2cc(C(F)(F)F)ccc2N1C(=O)OCCC(=O)O. The molecule has 0 radical (unpaired) electrons. The Morgan fingerprint density at radius 2 is 1.78 bits per heavy atom. The van der Waals surface area contributed by atoms with Gasteiger partial charge in [0, 0.05) is 31.1 Å². The van der Waals surface area contributed by atoms with Gasteiger partial charge < -0.3 is 24.8 Å². The fourth-order valence-electron chi connectivity index (χ4n) is 6.12. The fraction of sp³-hybridized carbons (Fsp3) is 0.412. The summed E-state index contributed by atoms with van der Waals surface area (Å²) in [7, 11) is 0. The highest BCUT2D eigenvalue weighted by molar-refractivity contribution is 5.90. The molecule has 1 amide bonds. The van der Waals surface area contributed by atoms with E-state index in [0.717, 1.165) is 30.3 Å². The van der Waals surface area contributed by atoms with Gasteiger partial charge in [-0.25, -0.2) is 9.78 Å². The summed E-state index contributed by atoms with van der Waals surface area (Å²) >= 11 is 0. The van der Waals surface area contributed by atoms with Crippen LogP contribution >= 0.6 is 0 Å². The number of fused-ring (bicyclic) bond motifs is 1. The molecule has 1 saturated heterocycles. The van der Waals surface area contributed by atoms with Gasteiger partial charge in [-0.15, -0.1) is 0 Å². The van der Waals surface area contributed by atoms with Gasteiger partial charge in [0.15, 0.2) is 0 Å². The van der Waals surface area contributed by atoms with Crippen molar-refractivity contribution in [1.29, 1.82) is 5.26 Å². The number of carbonyl (C=O) groups excluding carboxylic acids is 1. The first-order chi connectivity index (χ1) is 23.7. The van der Waals surface area contributed by atoms with Crippen LogP contribution in [-0.4, -0.2) is 61.1 Å². The van der Waals surface area contributed by atoms with Crippen LogP contribution in [0.5, 0.6) is 0 Å². The maximum atomic E-state index is 13.9. The van der Waals surface area contributed by atoms with E-state index in [4.69, 9.17) is 14.6 Å². The number of nitrogens with zero attached hydrogens (tertiary/aromatic N) is 4. The molecule has 266 valence electrons. The molecule has 0 unspecified atom stereocenters. The van der Waals surface area contributed by atoms with E-state index in [-0.39, 0.29) is 41.0 Å². The van der Waals surface area contributed by atoms with E-state index in [2.05, 4.69) is 10.3 Å². The van der Waals surface area contributed by atoms with Crippen molar-refractivity contribution in [2.75, 3.05) is 48.0 Å². The van der Waals surface area contributed by atoms with Crippen LogP contribution in [0, 0.1) is 11.3 Å². The molecule has 16 heteroatoms. The van der Waals surface area contributed by atoms with E-state index < -0.39 is 60.7 Å². The first kappa shape index (κ1) is 36.2. The predicted molar refractivity (Wildman–Crippen MR) is 169 cm³/mol. The molecule has 50 heavy (non-hydrogen) atoms. The third kappa shape index (κ3) is 8.39. The van der Waals surface area contributed by atoms with Crippen molar-refractivity contribution < 1.29 is 50.5 Å². The van der Waals surface area contributed by atoms with Gasteiger partial charge in [-0.3, -0.25) is 9.69 Å². The van der Waals surface area contributed by atoms with Gasteiger partial charge in [-0.05, 0) is 66.4 Å². The van der Waals surface area contributed by atoms with Crippen molar-refractivity contribution in [2.24, 2.45) is 0 Å². The second kappa shape index (κ2) is 14.8. The number of nitriles is 1. The molecule has 2 atom stereocenters. The molecule has 2 aromatic carbocycles. The van der Waals surface area contributed by atoms with Crippen molar-refractivity contribution in [2.45, 2.75) is 57.0 Å². The number of ether oxygens (including phenoxy) is 2. The zero-order chi connectivity index (χ0) is 36.2. The number of alkyl halides is 6. The summed E-state index contributed by atoms with van der Waals surface area (Å²) in [4.78, 5) is 32.0. The number of amides is 1. The van der Waals surface area contributed by atoms with E-state index in [1.807, 2.05) is 4.90 Å². The number of aliphatic carboxylic acids is 1. The van der Waals surface area contributed by atoms with Crippen molar-refractivity contribution in [3.05, 3.63) is 82.0 Å². The summed E-state index contributed by atoms with van der Waals surface area (Å²) in [5.74, 6) is -1.00. The monoisotopic (exact) mass is 705 g/mol. The molecule has 2 aliphatic heterocycles. The molecular weight excluding hydrogens is 672 g/mol. The number of hydrogen-bond donors (Lipinski definition) is 2. The highest BCUT2D eigenvalue weighted by Crippen LogP contribution is 2.44. The number of aromatic nitrogens is 1. The van der Waals surface area contributed by atoms with Gasteiger partial charge in [0.25, 0.3) is 0 Å². The standard InChI is InChI=1S/C34H33F6N5O5/c1-2-25-17-28(27-16-23(33(35,36)37)3-4-29(27)45(25)32(48)50-8-5-30(46)47)43-31-22(15-26(19-42-31)44-6-9-49-10-7-44)12-20-11-21(18-41)14-24(13-20)34(38,39)40/h3-4,11,13-16,19,25,28H,2,5-10,12,17H2,1H3,(H,42,43)(H,46,47)/t25-,28+/m1/s1. The van der Waals surface area contributed by atoms with Crippen LogP contribution in [0.25, 0.3) is 0 Å². The Kier molecular flexibility index (Phi) is 10.8. The highest BCUT2D eigenvalue weighted by atomic mass is 19.4. The molecule has 3 heterocycles. The lowest BCUT2D eigenvalue weighted by atomic mass is 9.88. The Hall–Kier alpha value is -5.04. The van der Waals surface area contributed by atoms with Gasteiger partial charge in [0.05, 0.1) is 66.0 Å². The molecule has 0 spiro atoms. The number of anilines is 3. The minimum Gasteiger partial charge on any atom is -0.481 e. The zero-order valence-electron chi connectivity index (χ0n) is 26.8. The molecule has 0 aliphatic carbocycles. The number of nitrogens with one attached hydrogen (secondary N) is 1. The van der Waals surface area contributed by atoms with E-state index in [0.29, 0.717) is 44.0 Å². The number of carboxylic acid groups (broad SMARTS) is 1. The number of carbonyl (C=O) groups is 2. The number of carboxylic acids is 1. The highest BCUT2D eigenvalue weighted by Gasteiger charge is 2.40. The average Bonchev–Trinajstić information content (AvgIpc) is 3.07. The molecule has 0 bridgehead atoms. The lowest BCUT2D eigenvalue weighted by Crippen LogP contribution is -2.46. The van der Waals surface area contributed by atoms with Crippen LogP contribution in [-0.2, 0) is 33.0 Å². The minimum atomic E-state index is -4.72. The molecule has 2 N–H and O–H groups in total. The largest absolute Gasteiger partial charge is 0.481 e. The van der Waals surface area contributed by atoms with Crippen molar-refractivity contribution in [1.82, 2.24) is 4.98 Å². The Bertz CT molecular complexity index is 1770. The quantitative estimate of drug-likeness (QED) is 0.223. The van der Waals surface area contributed by atoms with Crippen molar-refractivity contribution in [3.63, 3.8) is 0 Å². The summed E-state index contributed by atoms with van der Waals surface area (Å²) in [6, 6.07) is 8.03. The Labute approximate surface area is 283 Å². The van der Waals surface area contributed by atoms with E-state index in [9.17, 15) is 41.2 Å². The van der Waals surface area contributed by atoms with Crippen LogP contribution in [0.15, 0.2) is 48.7 Å². The summed E-state index contributed by atoms with van der Waals surface area (Å²) in [5, 5.41) is 21.6. The van der Waals surface area contributed by atoms with Gasteiger partial charge in [0.2, 0.25) is 0 Å². The van der Waals surface area contributed by atoms with Crippen LogP contribution in [0.3, 0.4) is 0 Å². The number of benzene rings is 2. The average molecular weight is 706 g/mol. The number of halogens is 6.